The predicted octanol–water partition coefficient (Wildman–Crippen LogP) is 4.43. The standard InChI is InChI=1S/C30H31ClFN5O/c31-26-16-23(10-11-27(26)32)19-34-25-17-29(37(21-25)20-22-6-2-1-3-7-22)30(38)36-14-12-35(13-15-36)28-9-5-4-8-24(28)18-33/h1-11,16,25,29,34H,12-15,17,19-21H2/t25-,29-/m0/s1. The maximum absolute atomic E-state index is 13.8. The number of benzene rings is 3. The van der Waals surface area contributed by atoms with E-state index < -0.39 is 5.82 Å². The molecule has 0 aromatic heterocycles. The molecular weight excluding hydrogens is 501 g/mol. The number of carbonyl (C=O) groups is 1. The second kappa shape index (κ2) is 12.0. The summed E-state index contributed by atoms with van der Waals surface area (Å²) >= 11 is 5.96. The molecule has 0 bridgehead atoms. The van der Waals surface area contributed by atoms with Crippen LogP contribution in [0.15, 0.2) is 72.8 Å². The molecular formula is C30H31ClFN5O. The zero-order chi connectivity index (χ0) is 26.5. The van der Waals surface area contributed by atoms with Gasteiger partial charge in [0.15, 0.2) is 0 Å². The van der Waals surface area contributed by atoms with Gasteiger partial charge in [-0.05, 0) is 41.8 Å². The van der Waals surface area contributed by atoms with Crippen molar-refractivity contribution in [1.29, 1.82) is 5.26 Å². The van der Waals surface area contributed by atoms with Crippen LogP contribution >= 0.6 is 11.6 Å². The highest BCUT2D eigenvalue weighted by molar-refractivity contribution is 6.30. The Bertz CT molecular complexity index is 1310. The van der Waals surface area contributed by atoms with E-state index in [0.717, 1.165) is 17.8 Å². The number of likely N-dealkylation sites (tertiary alicyclic amines) is 1. The first-order valence-electron chi connectivity index (χ1n) is 13.0. The number of para-hydroxylation sites is 1. The third-order valence-electron chi connectivity index (χ3n) is 7.45. The molecule has 0 saturated carbocycles. The SMILES string of the molecule is N#Cc1ccccc1N1CCN(C(=O)[C@@H]2C[C@H](NCc3ccc(F)c(Cl)c3)CN2Cc2ccccc2)CC1. The Hall–Kier alpha value is -3.44. The Labute approximate surface area is 228 Å². The zero-order valence-corrected chi connectivity index (χ0v) is 21.9. The van der Waals surface area contributed by atoms with Gasteiger partial charge in [0, 0.05) is 51.9 Å². The molecule has 0 aliphatic carbocycles. The van der Waals surface area contributed by atoms with Gasteiger partial charge < -0.3 is 15.1 Å². The normalized spacial score (nSPS) is 19.9. The van der Waals surface area contributed by atoms with Crippen molar-refractivity contribution in [1.82, 2.24) is 15.1 Å². The van der Waals surface area contributed by atoms with Crippen LogP contribution in [0.1, 0.15) is 23.1 Å². The molecule has 1 N–H and O–H groups in total. The summed E-state index contributed by atoms with van der Waals surface area (Å²) in [4.78, 5) is 20.2. The fourth-order valence-electron chi connectivity index (χ4n) is 5.44. The molecule has 2 aliphatic rings. The maximum Gasteiger partial charge on any atom is 0.240 e. The van der Waals surface area contributed by atoms with E-state index in [-0.39, 0.29) is 23.0 Å². The van der Waals surface area contributed by atoms with Crippen LogP contribution in [-0.4, -0.2) is 60.5 Å². The highest BCUT2D eigenvalue weighted by Gasteiger charge is 2.39. The molecule has 2 fully saturated rings. The van der Waals surface area contributed by atoms with E-state index in [1.165, 1.54) is 11.6 Å². The minimum atomic E-state index is -0.424. The van der Waals surface area contributed by atoms with Crippen molar-refractivity contribution in [2.75, 3.05) is 37.6 Å². The largest absolute Gasteiger partial charge is 0.367 e. The lowest BCUT2D eigenvalue weighted by atomic mass is 10.1. The van der Waals surface area contributed by atoms with E-state index >= 15 is 0 Å². The summed E-state index contributed by atoms with van der Waals surface area (Å²) in [5, 5.41) is 13.1. The molecule has 3 aromatic rings. The number of amides is 1. The van der Waals surface area contributed by atoms with Crippen molar-refractivity contribution in [3.63, 3.8) is 0 Å². The van der Waals surface area contributed by atoms with Gasteiger partial charge in [0.1, 0.15) is 11.9 Å². The first-order valence-corrected chi connectivity index (χ1v) is 13.4. The Balaban J connectivity index is 1.25. The molecule has 1 amide bonds. The van der Waals surface area contributed by atoms with E-state index in [1.807, 2.05) is 47.4 Å². The second-order valence-electron chi connectivity index (χ2n) is 9.93. The molecule has 38 heavy (non-hydrogen) atoms. The maximum atomic E-state index is 13.8. The van der Waals surface area contributed by atoms with Gasteiger partial charge in [-0.1, -0.05) is 60.1 Å². The van der Waals surface area contributed by atoms with Crippen LogP contribution in [-0.2, 0) is 17.9 Å². The predicted molar refractivity (Wildman–Crippen MR) is 147 cm³/mol. The lowest BCUT2D eigenvalue weighted by Gasteiger charge is -2.38. The number of nitrogens with one attached hydrogen (secondary N) is 1. The van der Waals surface area contributed by atoms with Gasteiger partial charge in [-0.25, -0.2) is 4.39 Å². The van der Waals surface area contributed by atoms with Crippen LogP contribution in [0.25, 0.3) is 0 Å². The van der Waals surface area contributed by atoms with Crippen molar-refractivity contribution in [3.8, 4) is 6.07 Å². The number of nitriles is 1. The number of halogens is 2. The van der Waals surface area contributed by atoms with Crippen LogP contribution in [0, 0.1) is 17.1 Å². The number of nitrogens with zero attached hydrogens (tertiary/aromatic N) is 4. The Morgan fingerprint density at radius 3 is 2.47 bits per heavy atom. The van der Waals surface area contributed by atoms with Crippen molar-refractivity contribution >= 4 is 23.2 Å². The fourth-order valence-corrected chi connectivity index (χ4v) is 5.64. The molecule has 2 saturated heterocycles. The molecule has 2 aliphatic heterocycles. The molecule has 0 radical (unpaired) electrons. The van der Waals surface area contributed by atoms with E-state index in [2.05, 4.69) is 33.3 Å². The second-order valence-corrected chi connectivity index (χ2v) is 10.3. The van der Waals surface area contributed by atoms with Crippen molar-refractivity contribution < 1.29 is 9.18 Å². The van der Waals surface area contributed by atoms with Crippen molar-refractivity contribution in [2.45, 2.75) is 31.6 Å². The molecule has 0 spiro atoms. The molecule has 6 nitrogen and oxygen atoms in total. The number of piperazine rings is 1. The Morgan fingerprint density at radius 1 is 1.00 bits per heavy atom. The summed E-state index contributed by atoms with van der Waals surface area (Å²) in [6.45, 7) is 4.65. The van der Waals surface area contributed by atoms with Gasteiger partial charge in [0.2, 0.25) is 5.91 Å². The average Bonchev–Trinajstić information content (AvgIpc) is 3.36. The summed E-state index contributed by atoms with van der Waals surface area (Å²) in [5.74, 6) is -0.268. The zero-order valence-electron chi connectivity index (χ0n) is 21.2. The molecule has 5 rings (SSSR count). The molecule has 8 heteroatoms. The van der Waals surface area contributed by atoms with E-state index in [4.69, 9.17) is 11.6 Å². The van der Waals surface area contributed by atoms with Crippen LogP contribution in [0.5, 0.6) is 0 Å². The van der Waals surface area contributed by atoms with Gasteiger partial charge >= 0.3 is 0 Å². The van der Waals surface area contributed by atoms with Crippen LogP contribution < -0.4 is 10.2 Å². The van der Waals surface area contributed by atoms with Gasteiger partial charge in [-0.2, -0.15) is 5.26 Å². The Morgan fingerprint density at radius 2 is 1.74 bits per heavy atom. The van der Waals surface area contributed by atoms with Crippen LogP contribution in [0.4, 0.5) is 10.1 Å². The first kappa shape index (κ1) is 26.2. The minimum Gasteiger partial charge on any atom is -0.367 e. The van der Waals surface area contributed by atoms with E-state index in [0.29, 0.717) is 51.3 Å². The molecule has 2 atom stereocenters. The third kappa shape index (κ3) is 5.99. The highest BCUT2D eigenvalue weighted by atomic mass is 35.5. The van der Waals surface area contributed by atoms with E-state index in [1.54, 1.807) is 12.1 Å². The molecule has 0 unspecified atom stereocenters. The van der Waals surface area contributed by atoms with Gasteiger partial charge in [0.25, 0.3) is 0 Å². The number of hydrogen-bond acceptors (Lipinski definition) is 5. The summed E-state index contributed by atoms with van der Waals surface area (Å²) in [6.07, 6.45) is 0.706. The number of anilines is 1. The lowest BCUT2D eigenvalue weighted by molar-refractivity contribution is -0.136. The Kier molecular flexibility index (Phi) is 8.23. The summed E-state index contributed by atoms with van der Waals surface area (Å²) < 4.78 is 13.6. The van der Waals surface area contributed by atoms with Gasteiger partial charge in [-0.3, -0.25) is 9.69 Å². The number of carbonyl (C=O) groups excluding carboxylic acids is 1. The monoisotopic (exact) mass is 531 g/mol. The average molecular weight is 532 g/mol. The highest BCUT2D eigenvalue weighted by Crippen LogP contribution is 2.26. The van der Waals surface area contributed by atoms with E-state index in [9.17, 15) is 14.4 Å². The quantitative estimate of drug-likeness (QED) is 0.488. The van der Waals surface area contributed by atoms with Crippen molar-refractivity contribution in [3.05, 3.63) is 100 Å². The summed E-state index contributed by atoms with van der Waals surface area (Å²) in [6, 6.07) is 24.8. The number of rotatable bonds is 7. The fraction of sp³-hybridized carbons (Fsp3) is 0.333. The van der Waals surface area contributed by atoms with Crippen LogP contribution in [0.3, 0.4) is 0 Å². The molecule has 3 aromatic carbocycles. The minimum absolute atomic E-state index is 0.117. The van der Waals surface area contributed by atoms with Crippen molar-refractivity contribution in [2.24, 2.45) is 0 Å². The third-order valence-corrected chi connectivity index (χ3v) is 7.74. The molecule has 196 valence electrons. The van der Waals surface area contributed by atoms with Crippen LogP contribution in [0.2, 0.25) is 5.02 Å². The molecule has 2 heterocycles. The topological polar surface area (TPSA) is 62.6 Å². The van der Waals surface area contributed by atoms with Gasteiger partial charge in [-0.15, -0.1) is 0 Å². The van der Waals surface area contributed by atoms with Gasteiger partial charge in [0.05, 0.1) is 22.3 Å². The summed E-state index contributed by atoms with van der Waals surface area (Å²) in [5.41, 5.74) is 3.68. The summed E-state index contributed by atoms with van der Waals surface area (Å²) in [7, 11) is 0. The lowest BCUT2D eigenvalue weighted by Crippen LogP contribution is -2.53. The smallest absolute Gasteiger partial charge is 0.240 e. The first-order chi connectivity index (χ1) is 18.5. The number of hydrogen-bond donors (Lipinski definition) is 1.